The quantitative estimate of drug-likeness (QED) is 0.251. The molecular formula is C27H37N5O6S. The summed E-state index contributed by atoms with van der Waals surface area (Å²) < 4.78 is 8.55. The van der Waals surface area contributed by atoms with E-state index >= 15 is 0 Å². The van der Waals surface area contributed by atoms with Gasteiger partial charge in [-0.05, 0) is 82.2 Å². The number of carbonyl (C=O) groups excluding carboxylic acids is 5. The highest BCUT2D eigenvalue weighted by Gasteiger charge is 2.61. The van der Waals surface area contributed by atoms with E-state index in [1.54, 1.807) is 6.08 Å². The first-order valence-electron chi connectivity index (χ1n) is 13.9. The summed E-state index contributed by atoms with van der Waals surface area (Å²) in [6.45, 7) is 7.83. The molecule has 3 aliphatic carbocycles. The zero-order chi connectivity index (χ0) is 27.7. The Morgan fingerprint density at radius 1 is 0.923 bits per heavy atom. The van der Waals surface area contributed by atoms with E-state index in [0.717, 1.165) is 49.6 Å². The van der Waals surface area contributed by atoms with E-state index in [0.29, 0.717) is 31.1 Å². The number of nitrogens with one attached hydrogen (secondary N) is 2. The van der Waals surface area contributed by atoms with Crippen molar-refractivity contribution in [1.82, 2.24) is 25.0 Å². The van der Waals surface area contributed by atoms with Crippen LogP contribution in [0.4, 0.5) is 4.79 Å². The van der Waals surface area contributed by atoms with Gasteiger partial charge in [0.25, 0.3) is 11.8 Å². The first-order valence-corrected chi connectivity index (χ1v) is 14.8. The van der Waals surface area contributed by atoms with Crippen LogP contribution in [0, 0.1) is 5.92 Å². The highest BCUT2D eigenvalue weighted by molar-refractivity contribution is 7.98. The van der Waals surface area contributed by atoms with Crippen LogP contribution in [0.3, 0.4) is 0 Å². The van der Waals surface area contributed by atoms with Crippen LogP contribution < -0.4 is 10.0 Å². The number of hydrogen-bond donors (Lipinski definition) is 2. The summed E-state index contributed by atoms with van der Waals surface area (Å²) in [7, 11) is 0. The lowest BCUT2D eigenvalue weighted by atomic mass is 10.1. The highest BCUT2D eigenvalue weighted by atomic mass is 32.2. The number of hydrazine groups is 1. The van der Waals surface area contributed by atoms with E-state index in [2.05, 4.69) is 23.2 Å². The molecule has 5 rings (SSSR count). The maximum atomic E-state index is 13.8. The van der Waals surface area contributed by atoms with Crippen LogP contribution in [0.2, 0.25) is 0 Å². The van der Waals surface area contributed by atoms with Gasteiger partial charge in [0.05, 0.1) is 0 Å². The predicted octanol–water partition coefficient (Wildman–Crippen LogP) is 2.05. The third kappa shape index (κ3) is 5.53. The van der Waals surface area contributed by atoms with Crippen molar-refractivity contribution in [3.8, 4) is 0 Å². The molecule has 2 saturated heterocycles. The monoisotopic (exact) mass is 559 g/mol. The molecule has 0 aromatic carbocycles. The number of nitrogens with zero attached hydrogens (tertiary/aromatic N) is 3. The lowest BCUT2D eigenvalue weighted by Gasteiger charge is -2.34. The van der Waals surface area contributed by atoms with E-state index in [1.807, 2.05) is 0 Å². The normalized spacial score (nSPS) is 30.2. The van der Waals surface area contributed by atoms with Crippen LogP contribution in [0.5, 0.6) is 0 Å². The maximum absolute atomic E-state index is 13.8. The summed E-state index contributed by atoms with van der Waals surface area (Å²) in [6.07, 6.45) is 9.12. The summed E-state index contributed by atoms with van der Waals surface area (Å²) in [5.74, 6) is -1.72. The van der Waals surface area contributed by atoms with Gasteiger partial charge in [-0.2, -0.15) is 0 Å². The Morgan fingerprint density at radius 2 is 1.67 bits per heavy atom. The van der Waals surface area contributed by atoms with Crippen LogP contribution in [0.1, 0.15) is 64.2 Å². The molecule has 5 amide bonds. The molecule has 4 atom stereocenters. The molecule has 4 unspecified atom stereocenters. The standard InChI is InChI=1S/C27H37N5O6S/c1-3-17-16-27(17,25(36)29-39-19-11-12-19)28-23(34)20-10-7-14-30(20)24(35)21-13-15-31(22(33)4-2)32(21)26(37)38-18-8-5-6-9-18/h3-4,17-21H,1-2,5-16H2,(H,28,34)(H,29,36). The first-order chi connectivity index (χ1) is 18.8. The molecule has 12 heteroatoms. The average Bonchev–Trinajstić information content (AvgIpc) is 3.63. The number of rotatable bonds is 9. The molecule has 5 fully saturated rings. The third-order valence-electron chi connectivity index (χ3n) is 8.37. The summed E-state index contributed by atoms with van der Waals surface area (Å²) >= 11 is 1.39. The molecule has 0 radical (unpaired) electrons. The van der Waals surface area contributed by atoms with Crippen molar-refractivity contribution in [1.29, 1.82) is 0 Å². The van der Waals surface area contributed by atoms with Gasteiger partial charge in [0.1, 0.15) is 23.7 Å². The maximum Gasteiger partial charge on any atom is 0.429 e. The van der Waals surface area contributed by atoms with Crippen molar-refractivity contribution in [2.24, 2.45) is 5.92 Å². The van der Waals surface area contributed by atoms with Crippen LogP contribution in [-0.2, 0) is 23.9 Å². The van der Waals surface area contributed by atoms with Gasteiger partial charge in [-0.1, -0.05) is 12.7 Å². The van der Waals surface area contributed by atoms with E-state index in [-0.39, 0.29) is 30.9 Å². The Hall–Kier alpha value is -3.02. The van der Waals surface area contributed by atoms with Gasteiger partial charge >= 0.3 is 6.09 Å². The van der Waals surface area contributed by atoms with Gasteiger partial charge in [0.15, 0.2) is 0 Å². The summed E-state index contributed by atoms with van der Waals surface area (Å²) in [5, 5.41) is 5.67. The number of ether oxygens (including phenoxy) is 1. The largest absolute Gasteiger partial charge is 0.445 e. The van der Waals surface area contributed by atoms with Gasteiger partial charge in [0.2, 0.25) is 11.8 Å². The fraction of sp³-hybridized carbons (Fsp3) is 0.667. The number of hydrogen-bond acceptors (Lipinski definition) is 7. The number of likely N-dealkylation sites (tertiary alicyclic amines) is 1. The lowest BCUT2D eigenvalue weighted by molar-refractivity contribution is -0.149. The van der Waals surface area contributed by atoms with Gasteiger partial charge in [-0.25, -0.2) is 14.8 Å². The fourth-order valence-electron chi connectivity index (χ4n) is 5.87. The van der Waals surface area contributed by atoms with Crippen molar-refractivity contribution in [3.05, 3.63) is 25.3 Å². The predicted molar refractivity (Wildman–Crippen MR) is 144 cm³/mol. The molecule has 5 aliphatic rings. The molecule has 11 nitrogen and oxygen atoms in total. The summed E-state index contributed by atoms with van der Waals surface area (Å²) in [6, 6.07) is -1.74. The molecule has 3 saturated carbocycles. The Labute approximate surface area is 232 Å². The molecule has 39 heavy (non-hydrogen) atoms. The van der Waals surface area contributed by atoms with Crippen molar-refractivity contribution in [3.63, 3.8) is 0 Å². The summed E-state index contributed by atoms with van der Waals surface area (Å²) in [4.78, 5) is 67.6. The first kappa shape index (κ1) is 27.5. The molecule has 0 aromatic heterocycles. The molecular weight excluding hydrogens is 522 g/mol. The van der Waals surface area contributed by atoms with E-state index in [9.17, 15) is 24.0 Å². The second-order valence-corrected chi connectivity index (χ2v) is 12.2. The van der Waals surface area contributed by atoms with Gasteiger partial charge in [-0.15, -0.1) is 6.58 Å². The lowest BCUT2D eigenvalue weighted by Crippen LogP contribution is -2.58. The van der Waals surface area contributed by atoms with Gasteiger partial charge < -0.3 is 15.0 Å². The molecule has 0 bridgehead atoms. The van der Waals surface area contributed by atoms with Crippen LogP contribution in [0.15, 0.2) is 25.3 Å². The number of amides is 5. The SMILES string of the molecule is C=CC(=O)N1CCC(C(=O)N2CCCC2C(=O)NC2(C(=O)NSC3CC3)CC2C=C)N1C(=O)OC1CCCC1. The average molecular weight is 560 g/mol. The topological polar surface area (TPSA) is 128 Å². The van der Waals surface area contributed by atoms with Crippen LogP contribution >= 0.6 is 11.9 Å². The molecule has 2 heterocycles. The second-order valence-electron chi connectivity index (χ2n) is 11.0. The molecule has 212 valence electrons. The van der Waals surface area contributed by atoms with Crippen molar-refractivity contribution < 1.29 is 28.7 Å². The van der Waals surface area contributed by atoms with E-state index in [4.69, 9.17) is 4.74 Å². The van der Waals surface area contributed by atoms with Gasteiger partial charge in [0, 0.05) is 24.3 Å². The van der Waals surface area contributed by atoms with Crippen molar-refractivity contribution in [2.45, 2.75) is 93.2 Å². The molecule has 2 N–H and O–H groups in total. The third-order valence-corrected chi connectivity index (χ3v) is 9.48. The zero-order valence-corrected chi connectivity index (χ0v) is 23.0. The Morgan fingerprint density at radius 3 is 2.31 bits per heavy atom. The van der Waals surface area contributed by atoms with Crippen molar-refractivity contribution >= 4 is 41.7 Å². The molecule has 2 aliphatic heterocycles. The van der Waals surface area contributed by atoms with Crippen LogP contribution in [0.25, 0.3) is 0 Å². The minimum atomic E-state index is -1.06. The van der Waals surface area contributed by atoms with Gasteiger partial charge in [-0.3, -0.25) is 23.9 Å². The zero-order valence-electron chi connectivity index (χ0n) is 22.1. The fourth-order valence-corrected chi connectivity index (χ4v) is 6.69. The van der Waals surface area contributed by atoms with E-state index < -0.39 is 41.4 Å². The Kier molecular flexibility index (Phi) is 7.93. The Bertz CT molecular complexity index is 1060. The minimum absolute atomic E-state index is 0.161. The molecule has 0 spiro atoms. The smallest absolute Gasteiger partial charge is 0.429 e. The Balaban J connectivity index is 1.28. The second kappa shape index (κ2) is 11.2. The van der Waals surface area contributed by atoms with Crippen molar-refractivity contribution in [2.75, 3.05) is 13.1 Å². The minimum Gasteiger partial charge on any atom is -0.445 e. The number of carbonyl (C=O) groups is 5. The van der Waals surface area contributed by atoms with Crippen LogP contribution in [-0.4, -0.2) is 86.7 Å². The molecule has 0 aromatic rings. The summed E-state index contributed by atoms with van der Waals surface area (Å²) in [5.41, 5.74) is -1.06. The highest BCUT2D eigenvalue weighted by Crippen LogP contribution is 2.46. The van der Waals surface area contributed by atoms with E-state index in [1.165, 1.54) is 21.9 Å².